The molecule has 1 atom stereocenters. The Kier molecular flexibility index (Phi) is 7.54. The van der Waals surface area contributed by atoms with Gasteiger partial charge in [0.25, 0.3) is 5.91 Å². The number of halogens is 2. The topological polar surface area (TPSA) is 107 Å². The van der Waals surface area contributed by atoms with Crippen molar-refractivity contribution in [2.75, 3.05) is 22.6 Å². The van der Waals surface area contributed by atoms with Gasteiger partial charge >= 0.3 is 17.7 Å². The van der Waals surface area contributed by atoms with Crippen molar-refractivity contribution < 1.29 is 23.5 Å². The molecule has 0 unspecified atom stereocenters. The van der Waals surface area contributed by atoms with Gasteiger partial charge in [-0.05, 0) is 31.2 Å². The van der Waals surface area contributed by atoms with Gasteiger partial charge in [0.2, 0.25) is 0 Å². The average Bonchev–Trinajstić information content (AvgIpc) is 2.75. The molecule has 1 heterocycles. The Labute approximate surface area is 190 Å². The standard InChI is InChI=1S/C21H18BrClN2O6/c1-12(30-21(28)25-13-5-3-2-4-6-13)18(26)24-14-7-8-15-16(11-14)19(27)31-20(17(15)23)29-10-9-22/h2-8,11-12H,9-10H2,1H3,(H,24,26)(H,25,28)/t12-/m1/s1. The van der Waals surface area contributed by atoms with Crippen LogP contribution in [0.15, 0.2) is 57.7 Å². The summed E-state index contributed by atoms with van der Waals surface area (Å²) in [4.78, 5) is 36.6. The quantitative estimate of drug-likeness (QED) is 0.443. The maximum atomic E-state index is 12.4. The summed E-state index contributed by atoms with van der Waals surface area (Å²) >= 11 is 9.47. The molecule has 0 radical (unpaired) electrons. The minimum Gasteiger partial charge on any atom is -0.463 e. The summed E-state index contributed by atoms with van der Waals surface area (Å²) in [5.41, 5.74) is 0.193. The average molecular weight is 510 g/mol. The van der Waals surface area contributed by atoms with Gasteiger partial charge in [-0.2, -0.15) is 0 Å². The van der Waals surface area contributed by atoms with Crippen LogP contribution in [-0.2, 0) is 9.53 Å². The number of hydrogen-bond donors (Lipinski definition) is 2. The molecule has 2 amide bonds. The molecule has 3 aromatic rings. The van der Waals surface area contributed by atoms with E-state index in [2.05, 4.69) is 26.6 Å². The first kappa shape index (κ1) is 22.6. The van der Waals surface area contributed by atoms with E-state index in [1.165, 1.54) is 13.0 Å². The summed E-state index contributed by atoms with van der Waals surface area (Å²) < 4.78 is 15.5. The Hall–Kier alpha value is -3.04. The number of alkyl halides is 1. The fourth-order valence-corrected chi connectivity index (χ4v) is 3.05. The van der Waals surface area contributed by atoms with Crippen LogP contribution in [0, 0.1) is 0 Å². The first-order valence-electron chi connectivity index (χ1n) is 9.17. The fraction of sp³-hybridized carbons (Fsp3) is 0.190. The van der Waals surface area contributed by atoms with E-state index in [9.17, 15) is 14.4 Å². The first-order valence-corrected chi connectivity index (χ1v) is 10.7. The minimum absolute atomic E-state index is 0.0677. The van der Waals surface area contributed by atoms with Crippen LogP contribution in [0.1, 0.15) is 6.92 Å². The number of hydrogen-bond acceptors (Lipinski definition) is 6. The van der Waals surface area contributed by atoms with E-state index in [1.54, 1.807) is 42.5 Å². The van der Waals surface area contributed by atoms with Gasteiger partial charge in [0.1, 0.15) is 11.6 Å². The molecule has 1 aromatic heterocycles. The number of fused-ring (bicyclic) bond motifs is 1. The second-order valence-corrected chi connectivity index (χ2v) is 7.49. The third-order valence-electron chi connectivity index (χ3n) is 4.09. The monoisotopic (exact) mass is 508 g/mol. The maximum Gasteiger partial charge on any atom is 0.412 e. The van der Waals surface area contributed by atoms with Gasteiger partial charge < -0.3 is 19.2 Å². The van der Waals surface area contributed by atoms with Crippen LogP contribution < -0.4 is 21.0 Å². The molecule has 3 rings (SSSR count). The summed E-state index contributed by atoms with van der Waals surface area (Å²) in [6.07, 6.45) is -1.85. The van der Waals surface area contributed by atoms with Crippen molar-refractivity contribution in [1.29, 1.82) is 0 Å². The van der Waals surface area contributed by atoms with Gasteiger partial charge in [0.15, 0.2) is 6.10 Å². The molecular formula is C21H18BrClN2O6. The SMILES string of the molecule is C[C@@H](OC(=O)Nc1ccccc1)C(=O)Nc1ccc2c(Cl)c(OCCBr)oc(=O)c2c1. The van der Waals surface area contributed by atoms with E-state index in [0.29, 0.717) is 22.1 Å². The number of anilines is 2. The molecular weight excluding hydrogens is 492 g/mol. The van der Waals surface area contributed by atoms with Crippen molar-refractivity contribution in [3.63, 3.8) is 0 Å². The van der Waals surface area contributed by atoms with Gasteiger partial charge in [0.05, 0.1) is 5.39 Å². The van der Waals surface area contributed by atoms with E-state index < -0.39 is 23.7 Å². The minimum atomic E-state index is -1.08. The lowest BCUT2D eigenvalue weighted by Crippen LogP contribution is -2.31. The number of rotatable bonds is 7. The van der Waals surface area contributed by atoms with Gasteiger partial charge in [0, 0.05) is 22.1 Å². The van der Waals surface area contributed by atoms with Gasteiger partial charge in [-0.1, -0.05) is 51.8 Å². The Morgan fingerprint density at radius 2 is 1.84 bits per heavy atom. The molecule has 162 valence electrons. The van der Waals surface area contributed by atoms with E-state index in [1.807, 2.05) is 0 Å². The van der Waals surface area contributed by atoms with Gasteiger partial charge in [-0.25, -0.2) is 9.59 Å². The zero-order chi connectivity index (χ0) is 22.4. The highest BCUT2D eigenvalue weighted by atomic mass is 79.9. The lowest BCUT2D eigenvalue weighted by molar-refractivity contribution is -0.123. The van der Waals surface area contributed by atoms with Gasteiger partial charge in [-0.3, -0.25) is 10.1 Å². The van der Waals surface area contributed by atoms with Crippen molar-refractivity contribution in [3.8, 4) is 5.95 Å². The Balaban J connectivity index is 1.69. The molecule has 2 N–H and O–H groups in total. The summed E-state index contributed by atoms with van der Waals surface area (Å²) in [6.45, 7) is 1.71. The van der Waals surface area contributed by atoms with Crippen molar-refractivity contribution in [2.45, 2.75) is 13.0 Å². The van der Waals surface area contributed by atoms with E-state index >= 15 is 0 Å². The third kappa shape index (κ3) is 5.77. The Morgan fingerprint density at radius 3 is 2.55 bits per heavy atom. The molecule has 10 heteroatoms. The zero-order valence-corrected chi connectivity index (χ0v) is 18.7. The third-order valence-corrected chi connectivity index (χ3v) is 4.77. The normalized spacial score (nSPS) is 11.6. The number of nitrogens with one attached hydrogen (secondary N) is 2. The summed E-state index contributed by atoms with van der Waals surface area (Å²) in [5, 5.41) is 6.41. The van der Waals surface area contributed by atoms with Crippen LogP contribution in [0.25, 0.3) is 10.8 Å². The number of benzene rings is 2. The van der Waals surface area contributed by atoms with Crippen molar-refractivity contribution in [2.24, 2.45) is 0 Å². The van der Waals surface area contributed by atoms with Crippen molar-refractivity contribution >= 4 is 61.7 Å². The smallest absolute Gasteiger partial charge is 0.412 e. The fourth-order valence-electron chi connectivity index (χ4n) is 2.63. The zero-order valence-electron chi connectivity index (χ0n) is 16.3. The molecule has 0 fully saturated rings. The van der Waals surface area contributed by atoms with Crippen LogP contribution >= 0.6 is 27.5 Å². The Morgan fingerprint density at radius 1 is 1.10 bits per heavy atom. The molecule has 0 aliphatic heterocycles. The largest absolute Gasteiger partial charge is 0.463 e. The summed E-state index contributed by atoms with van der Waals surface area (Å²) in [5.74, 6) is -0.642. The summed E-state index contributed by atoms with van der Waals surface area (Å²) in [6, 6.07) is 13.3. The second kappa shape index (κ2) is 10.3. The molecule has 0 aliphatic carbocycles. The molecule has 0 aliphatic rings. The van der Waals surface area contributed by atoms with Crippen molar-refractivity contribution in [1.82, 2.24) is 0 Å². The van der Waals surface area contributed by atoms with Crippen LogP contribution in [0.2, 0.25) is 5.02 Å². The predicted octanol–water partition coefficient (Wildman–Crippen LogP) is 4.80. The number of amides is 2. The van der Waals surface area contributed by atoms with E-state index in [0.717, 1.165) is 0 Å². The van der Waals surface area contributed by atoms with E-state index in [4.69, 9.17) is 25.5 Å². The van der Waals surface area contributed by atoms with Crippen LogP contribution in [-0.4, -0.2) is 30.0 Å². The molecule has 0 spiro atoms. The van der Waals surface area contributed by atoms with Crippen molar-refractivity contribution in [3.05, 3.63) is 64.0 Å². The first-order chi connectivity index (χ1) is 14.9. The second-order valence-electron chi connectivity index (χ2n) is 6.32. The molecule has 0 saturated carbocycles. The maximum absolute atomic E-state index is 12.4. The highest BCUT2D eigenvalue weighted by Crippen LogP contribution is 2.32. The number of carbonyl (C=O) groups excluding carboxylic acids is 2. The lowest BCUT2D eigenvalue weighted by atomic mass is 10.1. The van der Waals surface area contributed by atoms with E-state index in [-0.39, 0.29) is 23.0 Å². The molecule has 0 bridgehead atoms. The number of ether oxygens (including phenoxy) is 2. The number of para-hydroxylation sites is 1. The molecule has 31 heavy (non-hydrogen) atoms. The molecule has 8 nitrogen and oxygen atoms in total. The highest BCUT2D eigenvalue weighted by molar-refractivity contribution is 9.09. The summed E-state index contributed by atoms with van der Waals surface area (Å²) in [7, 11) is 0. The lowest BCUT2D eigenvalue weighted by Gasteiger charge is -2.14. The van der Waals surface area contributed by atoms with Crippen LogP contribution in [0.4, 0.5) is 16.2 Å². The Bertz CT molecular complexity index is 1150. The number of carbonyl (C=O) groups is 2. The molecule has 2 aromatic carbocycles. The van der Waals surface area contributed by atoms with Crippen LogP contribution in [0.5, 0.6) is 5.95 Å². The van der Waals surface area contributed by atoms with Crippen LogP contribution in [0.3, 0.4) is 0 Å². The predicted molar refractivity (Wildman–Crippen MR) is 121 cm³/mol. The molecule has 0 saturated heterocycles. The van der Waals surface area contributed by atoms with Gasteiger partial charge in [-0.15, -0.1) is 0 Å². The highest BCUT2D eigenvalue weighted by Gasteiger charge is 2.19.